The highest BCUT2D eigenvalue weighted by molar-refractivity contribution is 9.10. The van der Waals surface area contributed by atoms with E-state index in [-0.39, 0.29) is 5.92 Å². The zero-order chi connectivity index (χ0) is 14.5. The van der Waals surface area contributed by atoms with E-state index in [4.69, 9.17) is 0 Å². The van der Waals surface area contributed by atoms with Gasteiger partial charge in [-0.15, -0.1) is 0 Å². The Morgan fingerprint density at radius 3 is 2.45 bits per heavy atom. The maximum absolute atomic E-state index is 12.6. The first-order valence-corrected chi connectivity index (χ1v) is 8.67. The molecule has 1 heterocycles. The van der Waals surface area contributed by atoms with Crippen LogP contribution >= 0.6 is 15.9 Å². The highest BCUT2D eigenvalue weighted by Gasteiger charge is 2.22. The number of aryl methyl sites for hydroxylation is 2. The van der Waals surface area contributed by atoms with Crippen LogP contribution < -0.4 is 0 Å². The summed E-state index contributed by atoms with van der Waals surface area (Å²) in [6.07, 6.45) is 9.03. The fourth-order valence-electron chi connectivity index (χ4n) is 3.13. The fraction of sp³-hybridized carbons (Fsp3) is 0.750. The van der Waals surface area contributed by atoms with E-state index in [9.17, 15) is 4.79 Å². The lowest BCUT2D eigenvalue weighted by atomic mass is 9.86. The number of ketones is 1. The molecule has 0 aromatic carbocycles. The normalized spacial score (nSPS) is 17.8. The number of carbonyl (C=O) groups is 1. The molecule has 1 saturated carbocycles. The maximum atomic E-state index is 12.6. The van der Waals surface area contributed by atoms with Crippen molar-refractivity contribution in [3.63, 3.8) is 0 Å². The Labute approximate surface area is 130 Å². The molecular weight excluding hydrogens is 316 g/mol. The molecular formula is C16H25BrN2O. The molecule has 0 N–H and O–H groups in total. The smallest absolute Gasteiger partial charge is 0.141 e. The van der Waals surface area contributed by atoms with Crippen molar-refractivity contribution < 1.29 is 4.79 Å². The Morgan fingerprint density at radius 1 is 1.25 bits per heavy atom. The van der Waals surface area contributed by atoms with Crippen LogP contribution in [-0.4, -0.2) is 15.6 Å². The van der Waals surface area contributed by atoms with Crippen molar-refractivity contribution >= 4 is 21.7 Å². The monoisotopic (exact) mass is 340 g/mol. The number of aromatic nitrogens is 2. The van der Waals surface area contributed by atoms with E-state index in [1.807, 2.05) is 11.6 Å². The Kier molecular flexibility index (Phi) is 5.82. The lowest BCUT2D eigenvalue weighted by molar-refractivity contribution is -0.122. The van der Waals surface area contributed by atoms with Gasteiger partial charge in [-0.05, 0) is 42.6 Å². The van der Waals surface area contributed by atoms with Gasteiger partial charge < -0.3 is 0 Å². The van der Waals surface area contributed by atoms with Crippen LogP contribution in [0.5, 0.6) is 0 Å². The van der Waals surface area contributed by atoms with Crippen LogP contribution in [0.3, 0.4) is 0 Å². The lowest BCUT2D eigenvalue weighted by Crippen LogP contribution is -2.20. The second-order valence-electron chi connectivity index (χ2n) is 5.85. The molecule has 0 bridgehead atoms. The minimum absolute atomic E-state index is 0.266. The summed E-state index contributed by atoms with van der Waals surface area (Å²) in [5.74, 6) is 0.671. The molecule has 0 saturated heterocycles. The van der Waals surface area contributed by atoms with Crippen LogP contribution in [0.25, 0.3) is 0 Å². The van der Waals surface area contributed by atoms with E-state index >= 15 is 0 Å². The first-order chi connectivity index (χ1) is 9.63. The fourth-order valence-corrected chi connectivity index (χ4v) is 3.55. The van der Waals surface area contributed by atoms with E-state index in [0.717, 1.165) is 35.2 Å². The van der Waals surface area contributed by atoms with Crippen LogP contribution in [0.2, 0.25) is 0 Å². The van der Waals surface area contributed by atoms with E-state index < -0.39 is 0 Å². The molecule has 1 aliphatic carbocycles. The molecule has 1 aromatic rings. The third kappa shape index (κ3) is 3.72. The second kappa shape index (κ2) is 7.39. The molecule has 0 radical (unpaired) electrons. The molecule has 4 heteroatoms. The van der Waals surface area contributed by atoms with Gasteiger partial charge in [-0.1, -0.05) is 32.1 Å². The zero-order valence-electron chi connectivity index (χ0n) is 12.6. The standard InChI is InChI=1S/C16H25BrN2O/c1-3-19-14(16(17)12(2)18-19)11-15(20)13-9-7-5-4-6-8-10-13/h13H,3-11H2,1-2H3. The Morgan fingerprint density at radius 2 is 1.85 bits per heavy atom. The van der Waals surface area contributed by atoms with Gasteiger partial charge in [0.15, 0.2) is 0 Å². The van der Waals surface area contributed by atoms with Crippen molar-refractivity contribution in [2.75, 3.05) is 0 Å². The third-order valence-electron chi connectivity index (χ3n) is 4.36. The van der Waals surface area contributed by atoms with Crippen molar-refractivity contribution in [1.29, 1.82) is 0 Å². The van der Waals surface area contributed by atoms with Crippen molar-refractivity contribution in [3.05, 3.63) is 15.9 Å². The number of nitrogens with zero attached hydrogens (tertiary/aromatic N) is 2. The predicted octanol–water partition coefficient (Wildman–Crippen LogP) is 4.45. The molecule has 20 heavy (non-hydrogen) atoms. The molecule has 3 nitrogen and oxygen atoms in total. The number of halogens is 1. The first-order valence-electron chi connectivity index (χ1n) is 7.88. The Hall–Kier alpha value is -0.640. The van der Waals surface area contributed by atoms with Crippen molar-refractivity contribution in [1.82, 2.24) is 9.78 Å². The van der Waals surface area contributed by atoms with E-state index in [1.54, 1.807) is 0 Å². The van der Waals surface area contributed by atoms with Crippen LogP contribution in [-0.2, 0) is 17.8 Å². The van der Waals surface area contributed by atoms with Crippen molar-refractivity contribution in [2.45, 2.75) is 71.8 Å². The van der Waals surface area contributed by atoms with Gasteiger partial charge in [0, 0.05) is 18.9 Å². The molecule has 2 rings (SSSR count). The van der Waals surface area contributed by atoms with Crippen LogP contribution in [0.1, 0.15) is 63.3 Å². The molecule has 0 amide bonds. The largest absolute Gasteiger partial charge is 0.299 e. The van der Waals surface area contributed by atoms with Crippen LogP contribution in [0.4, 0.5) is 0 Å². The molecule has 0 unspecified atom stereocenters. The number of rotatable bonds is 4. The van der Waals surface area contributed by atoms with Gasteiger partial charge in [0.1, 0.15) is 5.78 Å². The van der Waals surface area contributed by atoms with Crippen LogP contribution in [0.15, 0.2) is 4.47 Å². The molecule has 0 aliphatic heterocycles. The predicted molar refractivity (Wildman–Crippen MR) is 84.9 cm³/mol. The van der Waals surface area contributed by atoms with Crippen molar-refractivity contribution in [2.24, 2.45) is 5.92 Å². The summed E-state index contributed by atoms with van der Waals surface area (Å²) in [5.41, 5.74) is 2.03. The SMILES string of the molecule is CCn1nc(C)c(Br)c1CC(=O)C1CCCCCCC1. The first kappa shape index (κ1) is 15.7. The minimum Gasteiger partial charge on any atom is -0.299 e. The highest BCUT2D eigenvalue weighted by atomic mass is 79.9. The summed E-state index contributed by atoms with van der Waals surface area (Å²) < 4.78 is 2.97. The van der Waals surface area contributed by atoms with Gasteiger partial charge >= 0.3 is 0 Å². The molecule has 112 valence electrons. The van der Waals surface area contributed by atoms with E-state index in [1.165, 1.54) is 32.1 Å². The van der Waals surface area contributed by atoms with Gasteiger partial charge in [-0.25, -0.2) is 0 Å². The average molecular weight is 341 g/mol. The average Bonchev–Trinajstić information content (AvgIpc) is 2.66. The number of hydrogen-bond donors (Lipinski definition) is 0. The summed E-state index contributed by atoms with van der Waals surface area (Å²) in [7, 11) is 0. The van der Waals surface area contributed by atoms with E-state index in [2.05, 4.69) is 28.0 Å². The van der Waals surface area contributed by atoms with E-state index in [0.29, 0.717) is 12.2 Å². The van der Waals surface area contributed by atoms with Gasteiger partial charge in [0.05, 0.1) is 15.9 Å². The Balaban J connectivity index is 2.06. The molecule has 0 spiro atoms. The topological polar surface area (TPSA) is 34.9 Å². The third-order valence-corrected chi connectivity index (χ3v) is 5.39. The highest BCUT2D eigenvalue weighted by Crippen LogP contribution is 2.27. The maximum Gasteiger partial charge on any atom is 0.141 e. The Bertz CT molecular complexity index is 459. The zero-order valence-corrected chi connectivity index (χ0v) is 14.2. The number of hydrogen-bond acceptors (Lipinski definition) is 2. The van der Waals surface area contributed by atoms with Crippen molar-refractivity contribution in [3.8, 4) is 0 Å². The van der Waals surface area contributed by atoms with Crippen LogP contribution in [0, 0.1) is 12.8 Å². The number of Topliss-reactive ketones (excluding diaryl/α,β-unsaturated/α-hetero) is 1. The van der Waals surface area contributed by atoms with Gasteiger partial charge in [-0.3, -0.25) is 9.48 Å². The lowest BCUT2D eigenvalue weighted by Gasteiger charge is -2.18. The van der Waals surface area contributed by atoms with Gasteiger partial charge in [-0.2, -0.15) is 5.10 Å². The summed E-state index contributed by atoms with van der Waals surface area (Å²) >= 11 is 3.59. The molecule has 1 aliphatic rings. The summed E-state index contributed by atoms with van der Waals surface area (Å²) in [6, 6.07) is 0. The molecule has 1 aromatic heterocycles. The molecule has 1 fully saturated rings. The van der Waals surface area contributed by atoms with Gasteiger partial charge in [0.2, 0.25) is 0 Å². The minimum atomic E-state index is 0.266. The number of carbonyl (C=O) groups excluding carboxylic acids is 1. The van der Waals surface area contributed by atoms with Gasteiger partial charge in [0.25, 0.3) is 0 Å². The quantitative estimate of drug-likeness (QED) is 0.811. The molecule has 0 atom stereocenters. The summed E-state index contributed by atoms with van der Waals surface area (Å²) in [6.45, 7) is 4.88. The summed E-state index contributed by atoms with van der Waals surface area (Å²) in [5, 5.41) is 4.48. The second-order valence-corrected chi connectivity index (χ2v) is 6.64. The summed E-state index contributed by atoms with van der Waals surface area (Å²) in [4.78, 5) is 12.6.